The maximum absolute atomic E-state index is 13.7. The SMILES string of the molecule is COc1cc(-c2onc(N3CCC(c4ncc[nH]4)CC3)c2C(=O)O)ccc1F.O=CO. The standard InChI is InChI=1S/C19H19FN4O4.CH2O2/c1-27-14-10-12(2-3-13(14)20)16-15(19(25)26)18(23-28-16)24-8-4-11(5-9-24)17-21-6-7-22-17;2-1-3/h2-3,6-7,10-11H,4-5,8-9H2,1H3,(H,21,22)(H,25,26);1H,(H,2,3). The molecule has 1 fully saturated rings. The summed E-state index contributed by atoms with van der Waals surface area (Å²) in [7, 11) is 1.34. The zero-order valence-corrected chi connectivity index (χ0v) is 16.6. The van der Waals surface area contributed by atoms with Crippen molar-refractivity contribution in [3.8, 4) is 17.1 Å². The number of nitrogens with zero attached hydrogens (tertiary/aromatic N) is 3. The van der Waals surface area contributed by atoms with Crippen molar-refractivity contribution in [2.24, 2.45) is 0 Å². The minimum Gasteiger partial charge on any atom is -0.494 e. The summed E-state index contributed by atoms with van der Waals surface area (Å²) in [6.45, 7) is 1.01. The number of anilines is 1. The van der Waals surface area contributed by atoms with Crippen LogP contribution in [0.2, 0.25) is 0 Å². The number of benzene rings is 1. The van der Waals surface area contributed by atoms with Gasteiger partial charge in [0.15, 0.2) is 28.7 Å². The smallest absolute Gasteiger partial charge is 0.343 e. The Labute approximate surface area is 176 Å². The molecule has 1 aliphatic heterocycles. The molecule has 0 unspecified atom stereocenters. The molecule has 1 aliphatic rings. The molecule has 4 rings (SSSR count). The van der Waals surface area contributed by atoms with Gasteiger partial charge >= 0.3 is 5.97 Å². The second-order valence-electron chi connectivity index (χ2n) is 6.71. The Morgan fingerprint density at radius 3 is 2.68 bits per heavy atom. The van der Waals surface area contributed by atoms with Gasteiger partial charge in [-0.3, -0.25) is 4.79 Å². The number of piperidine rings is 1. The van der Waals surface area contributed by atoms with Crippen molar-refractivity contribution in [2.45, 2.75) is 18.8 Å². The van der Waals surface area contributed by atoms with E-state index in [1.54, 1.807) is 12.4 Å². The Kier molecular flexibility index (Phi) is 6.85. The number of nitrogens with one attached hydrogen (secondary N) is 1. The lowest BCUT2D eigenvalue weighted by atomic mass is 9.96. The fourth-order valence-electron chi connectivity index (χ4n) is 3.55. The molecule has 1 saturated heterocycles. The van der Waals surface area contributed by atoms with Crippen LogP contribution in [0.1, 0.15) is 34.9 Å². The summed E-state index contributed by atoms with van der Waals surface area (Å²) in [6.07, 6.45) is 5.16. The van der Waals surface area contributed by atoms with Crippen LogP contribution in [0.3, 0.4) is 0 Å². The number of ether oxygens (including phenoxy) is 1. The van der Waals surface area contributed by atoms with Crippen LogP contribution in [0.25, 0.3) is 11.3 Å². The highest BCUT2D eigenvalue weighted by Crippen LogP contribution is 2.36. The van der Waals surface area contributed by atoms with Crippen molar-refractivity contribution in [3.63, 3.8) is 0 Å². The van der Waals surface area contributed by atoms with Gasteiger partial charge in [-0.1, -0.05) is 5.16 Å². The van der Waals surface area contributed by atoms with Gasteiger partial charge in [-0.05, 0) is 31.0 Å². The molecule has 0 aliphatic carbocycles. The maximum atomic E-state index is 13.7. The topological polar surface area (TPSA) is 142 Å². The number of aromatic nitrogens is 3. The third-order valence-electron chi connectivity index (χ3n) is 5.00. The molecule has 0 saturated carbocycles. The van der Waals surface area contributed by atoms with E-state index in [9.17, 15) is 14.3 Å². The molecular formula is C20H21FN4O6. The van der Waals surface area contributed by atoms with Gasteiger partial charge in [0.25, 0.3) is 6.47 Å². The van der Waals surface area contributed by atoms with Crippen molar-refractivity contribution in [2.75, 3.05) is 25.1 Å². The summed E-state index contributed by atoms with van der Waals surface area (Å²) in [4.78, 5) is 29.6. The first kappa shape index (κ1) is 21.8. The van der Waals surface area contributed by atoms with Gasteiger partial charge in [-0.2, -0.15) is 0 Å². The van der Waals surface area contributed by atoms with Gasteiger partial charge in [-0.15, -0.1) is 0 Å². The Bertz CT molecular complexity index is 1030. The van der Waals surface area contributed by atoms with Gasteiger partial charge in [-0.25, -0.2) is 14.2 Å². The molecule has 0 amide bonds. The number of aromatic amines is 1. The van der Waals surface area contributed by atoms with Crippen LogP contribution < -0.4 is 9.64 Å². The Balaban J connectivity index is 0.000000858. The predicted molar refractivity (Wildman–Crippen MR) is 107 cm³/mol. The normalized spacial score (nSPS) is 13.9. The first-order chi connectivity index (χ1) is 15.0. The summed E-state index contributed by atoms with van der Waals surface area (Å²) < 4.78 is 24.0. The molecule has 3 N–H and O–H groups in total. The van der Waals surface area contributed by atoms with Crippen LogP contribution in [-0.2, 0) is 4.79 Å². The van der Waals surface area contributed by atoms with E-state index in [-0.39, 0.29) is 29.4 Å². The van der Waals surface area contributed by atoms with Crippen molar-refractivity contribution in [1.29, 1.82) is 0 Å². The number of H-pyrrole nitrogens is 1. The zero-order valence-electron chi connectivity index (χ0n) is 16.6. The molecular weight excluding hydrogens is 411 g/mol. The molecule has 3 aromatic rings. The Morgan fingerprint density at radius 1 is 1.39 bits per heavy atom. The van der Waals surface area contributed by atoms with Crippen molar-refractivity contribution in [1.82, 2.24) is 15.1 Å². The van der Waals surface area contributed by atoms with Gasteiger partial charge < -0.3 is 29.4 Å². The minimum atomic E-state index is -1.15. The second-order valence-corrected chi connectivity index (χ2v) is 6.71. The van der Waals surface area contributed by atoms with E-state index in [4.69, 9.17) is 19.2 Å². The number of imidazole rings is 1. The van der Waals surface area contributed by atoms with Crippen LogP contribution in [0.5, 0.6) is 5.75 Å². The average molecular weight is 432 g/mol. The van der Waals surface area contributed by atoms with Crippen LogP contribution in [0.15, 0.2) is 35.1 Å². The first-order valence-corrected chi connectivity index (χ1v) is 9.39. The van der Waals surface area contributed by atoms with E-state index in [0.717, 1.165) is 18.7 Å². The van der Waals surface area contributed by atoms with Gasteiger partial charge in [0.05, 0.1) is 7.11 Å². The zero-order chi connectivity index (χ0) is 22.4. The largest absolute Gasteiger partial charge is 0.494 e. The van der Waals surface area contributed by atoms with Crippen LogP contribution in [-0.4, -0.2) is 58.0 Å². The number of halogens is 1. The quantitative estimate of drug-likeness (QED) is 0.519. The molecule has 2 aromatic heterocycles. The highest BCUT2D eigenvalue weighted by atomic mass is 19.1. The summed E-state index contributed by atoms with van der Waals surface area (Å²) in [5, 5.41) is 20.7. The highest BCUT2D eigenvalue weighted by Gasteiger charge is 2.31. The number of carbonyl (C=O) groups is 2. The summed E-state index contributed by atoms with van der Waals surface area (Å²) in [5.41, 5.74) is 0.352. The Hall–Kier alpha value is -3.89. The lowest BCUT2D eigenvalue weighted by Gasteiger charge is -2.31. The molecule has 164 valence electrons. The van der Waals surface area contributed by atoms with E-state index < -0.39 is 11.8 Å². The lowest BCUT2D eigenvalue weighted by molar-refractivity contribution is -0.122. The molecule has 0 spiro atoms. The third kappa shape index (κ3) is 4.65. The molecule has 0 atom stereocenters. The summed E-state index contributed by atoms with van der Waals surface area (Å²) >= 11 is 0. The molecule has 10 nitrogen and oxygen atoms in total. The molecule has 11 heteroatoms. The lowest BCUT2D eigenvalue weighted by Crippen LogP contribution is -2.34. The Morgan fingerprint density at radius 2 is 2.10 bits per heavy atom. The first-order valence-electron chi connectivity index (χ1n) is 9.39. The van der Waals surface area contributed by atoms with Crippen LogP contribution in [0.4, 0.5) is 10.2 Å². The molecule has 0 radical (unpaired) electrons. The van der Waals surface area contributed by atoms with Crippen LogP contribution >= 0.6 is 0 Å². The maximum Gasteiger partial charge on any atom is 0.343 e. The number of hydrogen-bond donors (Lipinski definition) is 3. The summed E-state index contributed by atoms with van der Waals surface area (Å²) in [5.74, 6) is -0.0844. The van der Waals surface area contributed by atoms with Gasteiger partial charge in [0, 0.05) is 37.0 Å². The number of methoxy groups -OCH3 is 1. The van der Waals surface area contributed by atoms with E-state index in [1.165, 1.54) is 25.3 Å². The van der Waals surface area contributed by atoms with Crippen molar-refractivity contribution >= 4 is 18.3 Å². The average Bonchev–Trinajstić information content (AvgIpc) is 3.45. The fraction of sp³-hybridized carbons (Fsp3) is 0.300. The summed E-state index contributed by atoms with van der Waals surface area (Å²) in [6, 6.07) is 4.05. The fourth-order valence-corrected chi connectivity index (χ4v) is 3.55. The number of aromatic carboxylic acids is 1. The molecule has 1 aromatic carbocycles. The predicted octanol–water partition coefficient (Wildman–Crippen LogP) is 3.00. The molecule has 3 heterocycles. The third-order valence-corrected chi connectivity index (χ3v) is 5.00. The van der Waals surface area contributed by atoms with E-state index in [2.05, 4.69) is 15.1 Å². The number of rotatable bonds is 5. The molecule has 0 bridgehead atoms. The van der Waals surface area contributed by atoms with E-state index in [1.807, 2.05) is 4.90 Å². The monoisotopic (exact) mass is 432 g/mol. The van der Waals surface area contributed by atoms with E-state index in [0.29, 0.717) is 24.6 Å². The number of carboxylic acid groups (broad SMARTS) is 2. The highest BCUT2D eigenvalue weighted by molar-refractivity contribution is 5.99. The van der Waals surface area contributed by atoms with E-state index >= 15 is 0 Å². The van der Waals surface area contributed by atoms with Crippen molar-refractivity contribution in [3.05, 3.63) is 47.8 Å². The number of carboxylic acids is 1. The minimum absolute atomic E-state index is 0.00560. The van der Waals surface area contributed by atoms with Crippen molar-refractivity contribution < 1.29 is 33.5 Å². The molecule has 31 heavy (non-hydrogen) atoms. The number of hydrogen-bond acceptors (Lipinski definition) is 7. The van der Waals surface area contributed by atoms with Gasteiger partial charge in [0.2, 0.25) is 0 Å². The van der Waals surface area contributed by atoms with Crippen LogP contribution in [0, 0.1) is 5.82 Å². The van der Waals surface area contributed by atoms with Gasteiger partial charge in [0.1, 0.15) is 5.82 Å². The second kappa shape index (κ2) is 9.74.